The van der Waals surface area contributed by atoms with E-state index >= 15 is 0 Å². The number of halogens is 1. The molecule has 0 saturated heterocycles. The zero-order valence-electron chi connectivity index (χ0n) is 21.5. The van der Waals surface area contributed by atoms with Crippen LogP contribution in [0.4, 0.5) is 5.13 Å². The van der Waals surface area contributed by atoms with Crippen LogP contribution < -0.4 is 10.9 Å². The van der Waals surface area contributed by atoms with Gasteiger partial charge < -0.3 is 14.0 Å². The zero-order valence-corrected chi connectivity index (χ0v) is 23.1. The van der Waals surface area contributed by atoms with Crippen molar-refractivity contribution in [1.29, 1.82) is 0 Å². The van der Waals surface area contributed by atoms with Crippen molar-refractivity contribution in [2.45, 2.75) is 32.8 Å². The van der Waals surface area contributed by atoms with Gasteiger partial charge in [-0.25, -0.2) is 9.78 Å². The SMILES string of the molecule is CCOC(=O)Cc1csc(NC(=O)C(CC)OC(=O)c2c(-c3ccc(Cl)cc3)c3ccccc3c(=O)n2C)n1. The third-order valence-electron chi connectivity index (χ3n) is 5.96. The van der Waals surface area contributed by atoms with Gasteiger partial charge in [0.25, 0.3) is 11.5 Å². The van der Waals surface area contributed by atoms with Crippen LogP contribution in [0.3, 0.4) is 0 Å². The molecule has 0 radical (unpaired) electrons. The quantitative estimate of drug-likeness (QED) is 0.283. The van der Waals surface area contributed by atoms with Crippen LogP contribution in [0.15, 0.2) is 58.7 Å². The molecule has 0 bridgehead atoms. The lowest BCUT2D eigenvalue weighted by Gasteiger charge is -2.20. The van der Waals surface area contributed by atoms with Gasteiger partial charge >= 0.3 is 11.9 Å². The van der Waals surface area contributed by atoms with Gasteiger partial charge in [0.15, 0.2) is 11.2 Å². The molecule has 1 atom stereocenters. The molecule has 0 aliphatic rings. The van der Waals surface area contributed by atoms with E-state index < -0.39 is 23.9 Å². The van der Waals surface area contributed by atoms with Crippen molar-refractivity contribution in [3.63, 3.8) is 0 Å². The van der Waals surface area contributed by atoms with E-state index in [4.69, 9.17) is 21.1 Å². The second-order valence-electron chi connectivity index (χ2n) is 8.56. The number of anilines is 1. The first-order chi connectivity index (χ1) is 18.7. The Morgan fingerprint density at radius 2 is 1.77 bits per heavy atom. The summed E-state index contributed by atoms with van der Waals surface area (Å²) >= 11 is 7.23. The summed E-state index contributed by atoms with van der Waals surface area (Å²) in [5.74, 6) is -1.82. The molecule has 2 heterocycles. The molecule has 4 aromatic rings. The van der Waals surface area contributed by atoms with Crippen LogP contribution in [-0.4, -0.2) is 40.1 Å². The van der Waals surface area contributed by atoms with E-state index in [1.54, 1.807) is 67.8 Å². The first-order valence-corrected chi connectivity index (χ1v) is 13.5. The smallest absolute Gasteiger partial charge is 0.356 e. The minimum absolute atomic E-state index is 0.0123. The number of aromatic nitrogens is 2. The van der Waals surface area contributed by atoms with Crippen molar-refractivity contribution < 1.29 is 23.9 Å². The Kier molecular flexibility index (Phi) is 8.78. The van der Waals surface area contributed by atoms with E-state index in [9.17, 15) is 19.2 Å². The van der Waals surface area contributed by atoms with Gasteiger partial charge in [0, 0.05) is 28.4 Å². The van der Waals surface area contributed by atoms with Crippen LogP contribution in [0, 0.1) is 0 Å². The second-order valence-corrected chi connectivity index (χ2v) is 9.85. The number of amides is 1. The summed E-state index contributed by atoms with van der Waals surface area (Å²) < 4.78 is 11.8. The zero-order chi connectivity index (χ0) is 28.1. The molecule has 1 N–H and O–H groups in total. The van der Waals surface area contributed by atoms with Crippen molar-refractivity contribution in [3.8, 4) is 11.1 Å². The van der Waals surface area contributed by atoms with Crippen molar-refractivity contribution in [3.05, 3.63) is 80.7 Å². The standard InChI is InChI=1S/C28H26ClN3O6S/c1-4-21(25(34)31-28-30-18(15-39-28)14-22(33)37-5-2)38-27(36)24-23(16-10-12-17(29)13-11-16)19-8-6-7-9-20(19)26(35)32(24)3/h6-13,15,21H,4-5,14H2,1-3H3,(H,30,31,34). The van der Waals surface area contributed by atoms with Gasteiger partial charge in [-0.1, -0.05) is 48.9 Å². The number of carbonyl (C=O) groups excluding carboxylic acids is 3. The third-order valence-corrected chi connectivity index (χ3v) is 7.01. The van der Waals surface area contributed by atoms with Crippen molar-refractivity contribution >= 4 is 56.7 Å². The highest BCUT2D eigenvalue weighted by Gasteiger charge is 2.28. The molecule has 1 amide bonds. The molecule has 9 nitrogen and oxygen atoms in total. The molecular formula is C28H26ClN3O6S. The number of hydrogen-bond donors (Lipinski definition) is 1. The van der Waals surface area contributed by atoms with Crippen LogP contribution in [-0.2, 0) is 32.5 Å². The van der Waals surface area contributed by atoms with E-state index in [0.717, 1.165) is 11.3 Å². The fraction of sp³-hybridized carbons (Fsp3) is 0.250. The van der Waals surface area contributed by atoms with Crippen LogP contribution in [0.5, 0.6) is 0 Å². The predicted molar refractivity (Wildman–Crippen MR) is 150 cm³/mol. The van der Waals surface area contributed by atoms with Gasteiger partial charge in [-0.15, -0.1) is 11.3 Å². The molecule has 202 valence electrons. The Bertz CT molecular complexity index is 1600. The Balaban J connectivity index is 1.63. The maximum atomic E-state index is 13.6. The summed E-state index contributed by atoms with van der Waals surface area (Å²) in [6.07, 6.45) is -0.999. The first-order valence-electron chi connectivity index (χ1n) is 12.2. The maximum absolute atomic E-state index is 13.6. The molecule has 0 spiro atoms. The normalized spacial score (nSPS) is 11.7. The molecular weight excluding hydrogens is 542 g/mol. The van der Waals surface area contributed by atoms with Crippen molar-refractivity contribution in [1.82, 2.24) is 9.55 Å². The fourth-order valence-corrected chi connectivity index (χ4v) is 4.95. The number of carbonyl (C=O) groups is 3. The average molecular weight is 568 g/mol. The molecule has 2 aromatic heterocycles. The molecule has 4 rings (SSSR count). The summed E-state index contributed by atoms with van der Waals surface area (Å²) in [6, 6.07) is 13.9. The number of benzene rings is 2. The number of pyridine rings is 1. The van der Waals surface area contributed by atoms with E-state index in [1.165, 1.54) is 11.6 Å². The van der Waals surface area contributed by atoms with Crippen LogP contribution in [0.25, 0.3) is 21.9 Å². The summed E-state index contributed by atoms with van der Waals surface area (Å²) in [4.78, 5) is 55.7. The molecule has 1 unspecified atom stereocenters. The van der Waals surface area contributed by atoms with E-state index in [-0.39, 0.29) is 35.8 Å². The third kappa shape index (κ3) is 6.18. The van der Waals surface area contributed by atoms with Gasteiger partial charge in [0.1, 0.15) is 5.69 Å². The molecule has 2 aromatic carbocycles. The van der Waals surface area contributed by atoms with Gasteiger partial charge in [0.2, 0.25) is 0 Å². The molecule has 0 aliphatic carbocycles. The lowest BCUT2D eigenvalue weighted by atomic mass is 9.96. The number of nitrogens with zero attached hydrogens (tertiary/aromatic N) is 2. The number of thiazole rings is 1. The van der Waals surface area contributed by atoms with E-state index in [2.05, 4.69) is 10.3 Å². The number of ether oxygens (including phenoxy) is 2. The van der Waals surface area contributed by atoms with Gasteiger partial charge in [0.05, 0.1) is 18.7 Å². The Labute approximate surface area is 233 Å². The first kappa shape index (κ1) is 28.0. The number of rotatable bonds is 9. The second kappa shape index (κ2) is 12.2. The summed E-state index contributed by atoms with van der Waals surface area (Å²) in [6.45, 7) is 3.68. The average Bonchev–Trinajstić information content (AvgIpc) is 3.35. The molecule has 0 saturated carbocycles. The van der Waals surface area contributed by atoms with E-state index in [0.29, 0.717) is 32.6 Å². The lowest BCUT2D eigenvalue weighted by Crippen LogP contribution is -2.34. The Morgan fingerprint density at radius 3 is 2.44 bits per heavy atom. The largest absolute Gasteiger partial charge is 0.466 e. The topological polar surface area (TPSA) is 117 Å². The minimum Gasteiger partial charge on any atom is -0.466 e. The highest BCUT2D eigenvalue weighted by molar-refractivity contribution is 7.13. The lowest BCUT2D eigenvalue weighted by molar-refractivity contribution is -0.142. The monoisotopic (exact) mass is 567 g/mol. The molecule has 0 aliphatic heterocycles. The number of hydrogen-bond acceptors (Lipinski definition) is 8. The molecule has 11 heteroatoms. The van der Waals surface area contributed by atoms with Gasteiger partial charge in [-0.3, -0.25) is 19.7 Å². The van der Waals surface area contributed by atoms with Gasteiger partial charge in [-0.05, 0) is 42.5 Å². The maximum Gasteiger partial charge on any atom is 0.356 e. The number of nitrogens with one attached hydrogen (secondary N) is 1. The predicted octanol–water partition coefficient (Wildman–Crippen LogP) is 5.00. The molecule has 39 heavy (non-hydrogen) atoms. The van der Waals surface area contributed by atoms with Gasteiger partial charge in [-0.2, -0.15) is 0 Å². The highest BCUT2D eigenvalue weighted by atomic mass is 35.5. The fourth-order valence-electron chi connectivity index (χ4n) is 4.11. The minimum atomic E-state index is -1.16. The van der Waals surface area contributed by atoms with Crippen LogP contribution in [0.2, 0.25) is 5.02 Å². The van der Waals surface area contributed by atoms with Crippen LogP contribution in [0.1, 0.15) is 36.5 Å². The Morgan fingerprint density at radius 1 is 1.08 bits per heavy atom. The molecule has 0 fully saturated rings. The summed E-state index contributed by atoms with van der Waals surface area (Å²) in [5.41, 5.74) is 1.25. The summed E-state index contributed by atoms with van der Waals surface area (Å²) in [7, 11) is 1.49. The number of esters is 2. The number of fused-ring (bicyclic) bond motifs is 1. The van der Waals surface area contributed by atoms with Crippen molar-refractivity contribution in [2.75, 3.05) is 11.9 Å². The Hall–Kier alpha value is -4.02. The highest BCUT2D eigenvalue weighted by Crippen LogP contribution is 2.32. The summed E-state index contributed by atoms with van der Waals surface area (Å²) in [5, 5.41) is 6.07. The van der Waals surface area contributed by atoms with Crippen molar-refractivity contribution in [2.24, 2.45) is 7.05 Å². The van der Waals surface area contributed by atoms with E-state index in [1.807, 2.05) is 0 Å². The van der Waals surface area contributed by atoms with Crippen LogP contribution >= 0.6 is 22.9 Å².